The fourth-order valence-electron chi connectivity index (χ4n) is 1.01. The van der Waals surface area contributed by atoms with E-state index in [-0.39, 0.29) is 11.7 Å². The van der Waals surface area contributed by atoms with Crippen molar-refractivity contribution in [2.24, 2.45) is 0 Å². The molecule has 4 heteroatoms. The molecule has 0 aliphatic rings. The molecule has 0 saturated carbocycles. The quantitative estimate of drug-likeness (QED) is 0.762. The monoisotopic (exact) mass is 186 g/mol. The number of rotatable bonds is 2. The minimum absolute atomic E-state index is 0.165. The van der Waals surface area contributed by atoms with Gasteiger partial charge in [-0.3, -0.25) is 0 Å². The van der Waals surface area contributed by atoms with Gasteiger partial charge in [0.05, 0.1) is 5.56 Å². The molecular formula is C10H10N4. The van der Waals surface area contributed by atoms with Gasteiger partial charge in [-0.2, -0.15) is 10.5 Å². The molecule has 14 heavy (non-hydrogen) atoms. The van der Waals surface area contributed by atoms with Crippen LogP contribution in [0.15, 0.2) is 12.1 Å². The fraction of sp³-hybridized carbons (Fsp3) is 0.300. The molecule has 70 valence electrons. The van der Waals surface area contributed by atoms with Crippen LogP contribution < -0.4 is 5.32 Å². The predicted octanol–water partition coefficient (Wildman–Crippen LogP) is 1.65. The van der Waals surface area contributed by atoms with Crippen LogP contribution in [-0.4, -0.2) is 11.0 Å². The molecule has 1 N–H and O–H groups in total. The summed E-state index contributed by atoms with van der Waals surface area (Å²) in [4.78, 5) is 4.01. The maximum absolute atomic E-state index is 8.72. The number of aromatic nitrogens is 1. The summed E-state index contributed by atoms with van der Waals surface area (Å²) in [7, 11) is 0. The Balaban J connectivity index is 3.05. The van der Waals surface area contributed by atoms with Gasteiger partial charge in [-0.05, 0) is 26.0 Å². The van der Waals surface area contributed by atoms with Gasteiger partial charge >= 0.3 is 0 Å². The van der Waals surface area contributed by atoms with E-state index in [1.54, 1.807) is 12.1 Å². The van der Waals surface area contributed by atoms with E-state index in [4.69, 9.17) is 10.5 Å². The highest BCUT2D eigenvalue weighted by Crippen LogP contribution is 2.10. The maximum Gasteiger partial charge on any atom is 0.160 e. The first-order chi connectivity index (χ1) is 6.67. The zero-order chi connectivity index (χ0) is 10.6. The van der Waals surface area contributed by atoms with Gasteiger partial charge in [0, 0.05) is 6.04 Å². The molecule has 4 nitrogen and oxygen atoms in total. The number of nitrogens with one attached hydrogen (secondary N) is 1. The lowest BCUT2D eigenvalue weighted by molar-refractivity contribution is 0.888. The second-order valence-electron chi connectivity index (χ2n) is 3.12. The van der Waals surface area contributed by atoms with Crippen LogP contribution >= 0.6 is 0 Å². The molecule has 0 bridgehead atoms. The highest BCUT2D eigenvalue weighted by Gasteiger charge is 2.04. The van der Waals surface area contributed by atoms with Gasteiger partial charge in [0.15, 0.2) is 5.69 Å². The summed E-state index contributed by atoms with van der Waals surface area (Å²) in [6.45, 7) is 3.96. The Morgan fingerprint density at radius 3 is 2.50 bits per heavy atom. The number of nitriles is 2. The van der Waals surface area contributed by atoms with E-state index in [0.29, 0.717) is 11.4 Å². The summed E-state index contributed by atoms with van der Waals surface area (Å²) in [5, 5.41) is 20.4. The van der Waals surface area contributed by atoms with Crippen molar-refractivity contribution >= 4 is 5.82 Å². The van der Waals surface area contributed by atoms with Crippen LogP contribution in [0.2, 0.25) is 0 Å². The average molecular weight is 186 g/mol. The number of anilines is 1. The van der Waals surface area contributed by atoms with Gasteiger partial charge in [0.25, 0.3) is 0 Å². The van der Waals surface area contributed by atoms with Crippen molar-refractivity contribution in [3.05, 3.63) is 23.4 Å². The van der Waals surface area contributed by atoms with Crippen molar-refractivity contribution in [3.8, 4) is 12.1 Å². The topological polar surface area (TPSA) is 72.5 Å². The van der Waals surface area contributed by atoms with E-state index in [1.807, 2.05) is 26.0 Å². The van der Waals surface area contributed by atoms with E-state index >= 15 is 0 Å². The Kier molecular flexibility index (Phi) is 3.04. The second-order valence-corrected chi connectivity index (χ2v) is 3.12. The minimum atomic E-state index is 0.165. The van der Waals surface area contributed by atoms with Crippen LogP contribution in [0.1, 0.15) is 25.1 Å². The van der Waals surface area contributed by atoms with Gasteiger partial charge in [-0.15, -0.1) is 0 Å². The summed E-state index contributed by atoms with van der Waals surface area (Å²) in [6.07, 6.45) is 0. The molecule has 0 atom stereocenters. The van der Waals surface area contributed by atoms with E-state index in [1.165, 1.54) is 0 Å². The summed E-state index contributed by atoms with van der Waals surface area (Å²) >= 11 is 0. The molecule has 0 unspecified atom stereocenters. The predicted molar refractivity (Wildman–Crippen MR) is 52.4 cm³/mol. The van der Waals surface area contributed by atoms with Crippen molar-refractivity contribution < 1.29 is 0 Å². The zero-order valence-electron chi connectivity index (χ0n) is 8.07. The third kappa shape index (κ3) is 2.21. The SMILES string of the molecule is CC(C)Nc1ccc(C#N)c(C#N)n1. The van der Waals surface area contributed by atoms with Gasteiger partial charge in [0.1, 0.15) is 18.0 Å². The smallest absolute Gasteiger partial charge is 0.160 e. The first kappa shape index (κ1) is 10.0. The highest BCUT2D eigenvalue weighted by atomic mass is 15.0. The highest BCUT2D eigenvalue weighted by molar-refractivity contribution is 5.48. The second kappa shape index (κ2) is 4.25. The third-order valence-corrected chi connectivity index (χ3v) is 1.56. The van der Waals surface area contributed by atoms with Crippen LogP contribution in [0, 0.1) is 22.7 Å². The molecule has 0 fully saturated rings. The lowest BCUT2D eigenvalue weighted by Gasteiger charge is -2.08. The van der Waals surface area contributed by atoms with Gasteiger partial charge in [0.2, 0.25) is 0 Å². The van der Waals surface area contributed by atoms with Crippen LogP contribution in [0.25, 0.3) is 0 Å². The average Bonchev–Trinajstić information content (AvgIpc) is 2.16. The van der Waals surface area contributed by atoms with Gasteiger partial charge in [-0.1, -0.05) is 0 Å². The van der Waals surface area contributed by atoms with E-state index in [2.05, 4.69) is 10.3 Å². The van der Waals surface area contributed by atoms with Crippen molar-refractivity contribution in [3.63, 3.8) is 0 Å². The Hall–Kier alpha value is -2.07. The van der Waals surface area contributed by atoms with Crippen molar-refractivity contribution in [1.29, 1.82) is 10.5 Å². The number of hydrogen-bond acceptors (Lipinski definition) is 4. The molecule has 1 aromatic rings. The molecule has 1 aromatic heterocycles. The normalized spacial score (nSPS) is 9.21. The molecule has 0 radical (unpaired) electrons. The maximum atomic E-state index is 8.72. The molecule has 0 spiro atoms. The van der Waals surface area contributed by atoms with Crippen LogP contribution in [0.4, 0.5) is 5.82 Å². The molecule has 1 heterocycles. The Morgan fingerprint density at radius 1 is 1.29 bits per heavy atom. The van der Waals surface area contributed by atoms with Crippen molar-refractivity contribution in [2.45, 2.75) is 19.9 Å². The lowest BCUT2D eigenvalue weighted by Crippen LogP contribution is -2.11. The number of pyridine rings is 1. The third-order valence-electron chi connectivity index (χ3n) is 1.56. The summed E-state index contributed by atoms with van der Waals surface area (Å²) in [5.74, 6) is 0.621. The molecule has 1 rings (SSSR count). The van der Waals surface area contributed by atoms with Gasteiger partial charge in [-0.25, -0.2) is 4.98 Å². The van der Waals surface area contributed by atoms with Crippen LogP contribution in [0.3, 0.4) is 0 Å². The first-order valence-electron chi connectivity index (χ1n) is 4.25. The summed E-state index contributed by atoms with van der Waals surface area (Å²) in [6, 6.07) is 7.34. The Labute approximate surface area is 82.8 Å². The molecule has 0 aromatic carbocycles. The number of nitrogens with zero attached hydrogens (tertiary/aromatic N) is 3. The van der Waals surface area contributed by atoms with E-state index in [9.17, 15) is 0 Å². The molecular weight excluding hydrogens is 176 g/mol. The summed E-state index contributed by atoms with van der Waals surface area (Å²) < 4.78 is 0. The van der Waals surface area contributed by atoms with E-state index in [0.717, 1.165) is 0 Å². The van der Waals surface area contributed by atoms with Gasteiger partial charge < -0.3 is 5.32 Å². The minimum Gasteiger partial charge on any atom is -0.368 e. The molecule has 0 aliphatic heterocycles. The summed E-state index contributed by atoms with van der Waals surface area (Å²) in [5.41, 5.74) is 0.472. The van der Waals surface area contributed by atoms with Crippen LogP contribution in [-0.2, 0) is 0 Å². The molecule has 0 amide bonds. The number of hydrogen-bond donors (Lipinski definition) is 1. The first-order valence-corrected chi connectivity index (χ1v) is 4.25. The van der Waals surface area contributed by atoms with Crippen molar-refractivity contribution in [2.75, 3.05) is 5.32 Å². The standard InChI is InChI=1S/C10H10N4/c1-7(2)13-10-4-3-8(5-11)9(6-12)14-10/h3-4,7H,1-2H3,(H,13,14). The zero-order valence-corrected chi connectivity index (χ0v) is 8.07. The molecule has 0 aliphatic carbocycles. The Bertz CT molecular complexity index is 409. The largest absolute Gasteiger partial charge is 0.368 e. The molecule has 0 saturated heterocycles. The van der Waals surface area contributed by atoms with E-state index < -0.39 is 0 Å². The fourth-order valence-corrected chi connectivity index (χ4v) is 1.01. The van der Waals surface area contributed by atoms with Crippen molar-refractivity contribution in [1.82, 2.24) is 4.98 Å². The van der Waals surface area contributed by atoms with Crippen LogP contribution in [0.5, 0.6) is 0 Å². The lowest BCUT2D eigenvalue weighted by atomic mass is 10.2. The Morgan fingerprint density at radius 2 is 2.00 bits per heavy atom.